The Labute approximate surface area is 247 Å². The van der Waals surface area contributed by atoms with Crippen LogP contribution in [0.15, 0.2) is 64.1 Å². The molecular weight excluding hydrogens is 547 g/mol. The van der Waals surface area contributed by atoms with Gasteiger partial charge in [-0.3, -0.25) is 4.79 Å². The van der Waals surface area contributed by atoms with E-state index in [1.165, 1.54) is 11.8 Å². The highest BCUT2D eigenvalue weighted by Gasteiger charge is 2.54. The summed E-state index contributed by atoms with van der Waals surface area (Å²) < 4.78 is 0. The Morgan fingerprint density at radius 2 is 1.54 bits per heavy atom. The summed E-state index contributed by atoms with van der Waals surface area (Å²) in [6.45, 7) is 10.8. The Hall–Kier alpha value is -1.99. The summed E-state index contributed by atoms with van der Waals surface area (Å²) in [5.41, 5.74) is 2.67. The number of hydrogen-bond donors (Lipinski definition) is 0. The van der Waals surface area contributed by atoms with Gasteiger partial charge in [0.2, 0.25) is 0 Å². The van der Waals surface area contributed by atoms with Crippen molar-refractivity contribution in [2.24, 2.45) is 10.9 Å². The molecule has 0 bridgehead atoms. The first-order valence-corrected chi connectivity index (χ1v) is 15.3. The molecule has 1 saturated carbocycles. The third-order valence-electron chi connectivity index (χ3n) is 8.37. The molecular formula is C31H38Cl2N4OS. The molecule has 2 heterocycles. The van der Waals surface area contributed by atoms with E-state index >= 15 is 0 Å². The average molecular weight is 586 g/mol. The molecule has 5 rings (SSSR count). The van der Waals surface area contributed by atoms with Crippen molar-refractivity contribution in [3.63, 3.8) is 0 Å². The number of amides is 1. The van der Waals surface area contributed by atoms with Crippen LogP contribution in [0.25, 0.3) is 0 Å². The molecule has 5 nitrogen and oxygen atoms in total. The molecule has 39 heavy (non-hydrogen) atoms. The number of allylic oxidation sites excluding steroid dienone is 1. The quantitative estimate of drug-likeness (QED) is 0.336. The predicted molar refractivity (Wildman–Crippen MR) is 164 cm³/mol. The van der Waals surface area contributed by atoms with E-state index < -0.39 is 5.54 Å². The summed E-state index contributed by atoms with van der Waals surface area (Å²) in [5, 5.41) is 2.27. The van der Waals surface area contributed by atoms with E-state index in [9.17, 15) is 4.79 Å². The molecule has 0 aromatic heterocycles. The number of amidine groups is 1. The lowest BCUT2D eigenvalue weighted by Crippen LogP contribution is -2.56. The standard InChI is InChI=1S/C31H38Cl2N4OS/c1-18(2)26-27(29(38)36(19(3)4)25-16-24(17-25)35(6)7)39-30-34-31(5,21-10-14-23(33)15-11-21)28(37(26)30)20-8-12-22(32)13-9-20/h8-15,18-19,24-25,28H,16-17H2,1-7H3/t24-,25+,28-,31+/m1/s1. The lowest BCUT2D eigenvalue weighted by Gasteiger charge is -2.47. The zero-order valence-corrected chi connectivity index (χ0v) is 26.1. The van der Waals surface area contributed by atoms with Gasteiger partial charge in [0.25, 0.3) is 5.91 Å². The number of fused-ring (bicyclic) bond motifs is 1. The summed E-state index contributed by atoms with van der Waals surface area (Å²) in [6, 6.07) is 16.8. The van der Waals surface area contributed by atoms with Gasteiger partial charge in [-0.25, -0.2) is 4.99 Å². The van der Waals surface area contributed by atoms with Crippen molar-refractivity contribution >= 4 is 46.0 Å². The Morgan fingerprint density at radius 1 is 0.974 bits per heavy atom. The highest BCUT2D eigenvalue weighted by Crippen LogP contribution is 2.56. The lowest BCUT2D eigenvalue weighted by molar-refractivity contribution is -0.134. The van der Waals surface area contributed by atoms with Gasteiger partial charge in [-0.1, -0.05) is 61.3 Å². The normalized spacial score (nSPS) is 26.4. The smallest absolute Gasteiger partial charge is 0.263 e. The summed E-state index contributed by atoms with van der Waals surface area (Å²) in [6.07, 6.45) is 2.02. The number of hydrogen-bond acceptors (Lipinski definition) is 5. The minimum atomic E-state index is -0.569. The number of carbonyl (C=O) groups excluding carboxylic acids is 1. The maximum absolute atomic E-state index is 14.3. The first-order valence-electron chi connectivity index (χ1n) is 13.7. The van der Waals surface area contributed by atoms with Gasteiger partial charge in [-0.15, -0.1) is 0 Å². The van der Waals surface area contributed by atoms with Gasteiger partial charge in [0.05, 0.1) is 6.04 Å². The fourth-order valence-electron chi connectivity index (χ4n) is 6.21. The van der Waals surface area contributed by atoms with Gasteiger partial charge in [0.1, 0.15) is 10.4 Å². The van der Waals surface area contributed by atoms with E-state index in [2.05, 4.69) is 87.7 Å². The second kappa shape index (κ2) is 10.8. The van der Waals surface area contributed by atoms with Crippen molar-refractivity contribution in [2.75, 3.05) is 14.1 Å². The summed E-state index contributed by atoms with van der Waals surface area (Å²) in [7, 11) is 4.24. The second-order valence-corrected chi connectivity index (χ2v) is 13.7. The minimum Gasteiger partial charge on any atom is -0.333 e. The molecule has 0 spiro atoms. The largest absolute Gasteiger partial charge is 0.333 e. The number of carbonyl (C=O) groups is 1. The fourth-order valence-corrected chi connectivity index (χ4v) is 7.81. The highest BCUT2D eigenvalue weighted by molar-refractivity contribution is 8.18. The predicted octanol–water partition coefficient (Wildman–Crippen LogP) is 7.57. The molecule has 3 aliphatic rings. The fraction of sp³-hybridized carbons (Fsp3) is 0.484. The van der Waals surface area contributed by atoms with Crippen LogP contribution in [0, 0.1) is 5.92 Å². The SMILES string of the molecule is CC(C)C1=C(C(=O)N(C(C)C)[C@H]2C[C@@H](N(C)C)C2)SC2=N[C@@](C)(c3ccc(Cl)cc3)[C@@H](c3ccc(Cl)cc3)N21. The Morgan fingerprint density at radius 3 is 2.05 bits per heavy atom. The summed E-state index contributed by atoms with van der Waals surface area (Å²) in [4.78, 5) is 27.2. The van der Waals surface area contributed by atoms with Crippen molar-refractivity contribution in [1.29, 1.82) is 0 Å². The molecule has 1 aliphatic carbocycles. The molecule has 2 aliphatic heterocycles. The van der Waals surface area contributed by atoms with E-state index in [1.807, 2.05) is 24.3 Å². The maximum atomic E-state index is 14.3. The number of thioether (sulfide) groups is 1. The van der Waals surface area contributed by atoms with Gasteiger partial charge in [-0.2, -0.15) is 0 Å². The van der Waals surface area contributed by atoms with Crippen molar-refractivity contribution in [2.45, 2.75) is 77.2 Å². The molecule has 0 N–H and O–H groups in total. The highest BCUT2D eigenvalue weighted by atomic mass is 35.5. The van der Waals surface area contributed by atoms with Crippen LogP contribution >= 0.6 is 35.0 Å². The van der Waals surface area contributed by atoms with Crippen LogP contribution < -0.4 is 0 Å². The lowest BCUT2D eigenvalue weighted by atomic mass is 9.81. The monoisotopic (exact) mass is 584 g/mol. The Bertz CT molecular complexity index is 1300. The van der Waals surface area contributed by atoms with Crippen LogP contribution in [0.3, 0.4) is 0 Å². The van der Waals surface area contributed by atoms with Crippen molar-refractivity contribution < 1.29 is 4.79 Å². The molecule has 0 unspecified atom stereocenters. The molecule has 0 saturated heterocycles. The van der Waals surface area contributed by atoms with E-state index in [-0.39, 0.29) is 30.0 Å². The molecule has 0 radical (unpaired) electrons. The van der Waals surface area contributed by atoms with Crippen molar-refractivity contribution in [3.8, 4) is 0 Å². The van der Waals surface area contributed by atoms with E-state index in [4.69, 9.17) is 28.2 Å². The Kier molecular flexibility index (Phi) is 7.88. The van der Waals surface area contributed by atoms with Gasteiger partial charge in [0, 0.05) is 33.9 Å². The van der Waals surface area contributed by atoms with Crippen LogP contribution in [0.2, 0.25) is 10.0 Å². The molecule has 1 amide bonds. The number of rotatable bonds is 7. The van der Waals surface area contributed by atoms with Crippen molar-refractivity contribution in [3.05, 3.63) is 80.3 Å². The van der Waals surface area contributed by atoms with Gasteiger partial charge < -0.3 is 14.7 Å². The van der Waals surface area contributed by atoms with Crippen molar-refractivity contribution in [1.82, 2.24) is 14.7 Å². The Balaban J connectivity index is 1.58. The molecule has 2 aromatic carbocycles. The van der Waals surface area contributed by atoms with E-state index in [0.29, 0.717) is 16.1 Å². The van der Waals surface area contributed by atoms with Crippen LogP contribution in [-0.4, -0.2) is 58.0 Å². The third kappa shape index (κ3) is 5.03. The van der Waals surface area contributed by atoms with Crippen LogP contribution in [-0.2, 0) is 10.3 Å². The summed E-state index contributed by atoms with van der Waals surface area (Å²) >= 11 is 14.1. The first-order chi connectivity index (χ1) is 18.4. The topological polar surface area (TPSA) is 39.2 Å². The number of aliphatic imine (C=N–C) groups is 1. The zero-order valence-electron chi connectivity index (χ0n) is 23.8. The van der Waals surface area contributed by atoms with E-state index in [1.54, 1.807) is 0 Å². The van der Waals surface area contributed by atoms with Crippen LogP contribution in [0.1, 0.15) is 64.6 Å². The van der Waals surface area contributed by atoms with Gasteiger partial charge in [-0.05, 0) is 101 Å². The third-order valence-corrected chi connectivity index (χ3v) is 9.93. The van der Waals surface area contributed by atoms with Gasteiger partial charge >= 0.3 is 0 Å². The van der Waals surface area contributed by atoms with E-state index in [0.717, 1.165) is 39.7 Å². The summed E-state index contributed by atoms with van der Waals surface area (Å²) in [5.74, 6) is 0.262. The van der Waals surface area contributed by atoms with Gasteiger partial charge in [0.15, 0.2) is 5.17 Å². The second-order valence-electron chi connectivity index (χ2n) is 11.9. The average Bonchev–Trinajstić information content (AvgIpc) is 3.34. The maximum Gasteiger partial charge on any atom is 0.263 e. The minimum absolute atomic E-state index is 0.121. The number of benzene rings is 2. The first kappa shape index (κ1) is 28.5. The molecule has 1 fully saturated rings. The number of halogens is 2. The zero-order chi connectivity index (χ0) is 28.2. The van der Waals surface area contributed by atoms with Crippen LogP contribution in [0.5, 0.6) is 0 Å². The molecule has 8 heteroatoms. The molecule has 2 atom stereocenters. The molecule has 208 valence electrons. The number of nitrogens with zero attached hydrogens (tertiary/aromatic N) is 4. The van der Waals surface area contributed by atoms with Crippen LogP contribution in [0.4, 0.5) is 0 Å². The molecule has 2 aromatic rings.